The third-order valence-electron chi connectivity index (χ3n) is 3.63. The highest BCUT2D eigenvalue weighted by Crippen LogP contribution is 2.10. The van der Waals surface area contributed by atoms with E-state index < -0.39 is 0 Å². The number of unbranched alkanes of at least 4 members (excludes halogenated alkanes) is 9. The SMILES string of the molecule is CCCCCCCCCCCCOC(=O)Cc1ncc[nH]1. The van der Waals surface area contributed by atoms with Crippen LogP contribution in [0.1, 0.15) is 77.0 Å². The van der Waals surface area contributed by atoms with Crippen LogP contribution in [0, 0.1) is 0 Å². The molecule has 4 nitrogen and oxygen atoms in total. The number of aromatic nitrogens is 2. The molecular formula is C17H30N2O2. The second kappa shape index (κ2) is 12.4. The summed E-state index contributed by atoms with van der Waals surface area (Å²) in [5.41, 5.74) is 0. The number of esters is 1. The molecule has 120 valence electrons. The van der Waals surface area contributed by atoms with E-state index in [0.717, 1.165) is 12.8 Å². The maximum absolute atomic E-state index is 11.5. The molecule has 1 N–H and O–H groups in total. The van der Waals surface area contributed by atoms with Gasteiger partial charge in [-0.3, -0.25) is 4.79 Å². The van der Waals surface area contributed by atoms with Gasteiger partial charge in [-0.2, -0.15) is 0 Å². The second-order valence-electron chi connectivity index (χ2n) is 5.62. The minimum atomic E-state index is -0.194. The van der Waals surface area contributed by atoms with Gasteiger partial charge in [-0.1, -0.05) is 64.7 Å². The summed E-state index contributed by atoms with van der Waals surface area (Å²) < 4.78 is 5.19. The molecule has 1 heterocycles. The minimum absolute atomic E-state index is 0.194. The summed E-state index contributed by atoms with van der Waals surface area (Å²) in [6.07, 6.45) is 16.5. The van der Waals surface area contributed by atoms with Crippen molar-refractivity contribution in [1.82, 2.24) is 9.97 Å². The van der Waals surface area contributed by atoms with E-state index >= 15 is 0 Å². The number of hydrogen-bond donors (Lipinski definition) is 1. The van der Waals surface area contributed by atoms with E-state index in [1.54, 1.807) is 12.4 Å². The van der Waals surface area contributed by atoms with E-state index in [1.165, 1.54) is 51.4 Å². The normalized spacial score (nSPS) is 10.7. The topological polar surface area (TPSA) is 55.0 Å². The first kappa shape index (κ1) is 17.7. The van der Waals surface area contributed by atoms with Gasteiger partial charge in [0, 0.05) is 12.4 Å². The lowest BCUT2D eigenvalue weighted by Gasteiger charge is -2.04. The molecular weight excluding hydrogens is 264 g/mol. The first-order valence-corrected chi connectivity index (χ1v) is 8.46. The number of aromatic amines is 1. The molecule has 1 aromatic rings. The predicted molar refractivity (Wildman–Crippen MR) is 85.1 cm³/mol. The number of nitrogens with zero attached hydrogens (tertiary/aromatic N) is 1. The third kappa shape index (κ3) is 10.1. The standard InChI is InChI=1S/C17H30N2O2/c1-2-3-4-5-6-7-8-9-10-11-14-21-17(20)15-16-18-12-13-19-16/h12-13H,2-11,14-15H2,1H3,(H,18,19). The van der Waals surface area contributed by atoms with Crippen molar-refractivity contribution in [2.24, 2.45) is 0 Å². The fourth-order valence-electron chi connectivity index (χ4n) is 2.36. The number of ether oxygens (including phenoxy) is 1. The molecule has 0 atom stereocenters. The summed E-state index contributed by atoms with van der Waals surface area (Å²) in [6.45, 7) is 2.79. The summed E-state index contributed by atoms with van der Waals surface area (Å²) in [7, 11) is 0. The van der Waals surface area contributed by atoms with Crippen LogP contribution < -0.4 is 0 Å². The second-order valence-corrected chi connectivity index (χ2v) is 5.62. The van der Waals surface area contributed by atoms with Gasteiger partial charge in [0.1, 0.15) is 12.2 Å². The fraction of sp³-hybridized carbons (Fsp3) is 0.765. The molecule has 4 heteroatoms. The van der Waals surface area contributed by atoms with Gasteiger partial charge in [0.2, 0.25) is 0 Å². The van der Waals surface area contributed by atoms with Gasteiger partial charge in [-0.15, -0.1) is 0 Å². The zero-order valence-electron chi connectivity index (χ0n) is 13.4. The maximum atomic E-state index is 11.5. The number of carbonyl (C=O) groups is 1. The number of H-pyrrole nitrogens is 1. The van der Waals surface area contributed by atoms with E-state index in [1.807, 2.05) is 0 Å². The average Bonchev–Trinajstić information content (AvgIpc) is 2.97. The number of hydrogen-bond acceptors (Lipinski definition) is 3. The number of nitrogens with one attached hydrogen (secondary N) is 1. The van der Waals surface area contributed by atoms with Crippen molar-refractivity contribution in [3.05, 3.63) is 18.2 Å². The van der Waals surface area contributed by atoms with E-state index in [-0.39, 0.29) is 12.4 Å². The van der Waals surface area contributed by atoms with Crippen LogP contribution >= 0.6 is 0 Å². The highest BCUT2D eigenvalue weighted by Gasteiger charge is 2.05. The summed E-state index contributed by atoms with van der Waals surface area (Å²) in [5, 5.41) is 0. The lowest BCUT2D eigenvalue weighted by molar-refractivity contribution is -0.143. The van der Waals surface area contributed by atoms with Gasteiger partial charge in [0.05, 0.1) is 6.61 Å². The van der Waals surface area contributed by atoms with Crippen LogP contribution in [0.25, 0.3) is 0 Å². The minimum Gasteiger partial charge on any atom is -0.465 e. The predicted octanol–water partition coefficient (Wildman–Crippen LogP) is 4.42. The molecule has 0 saturated carbocycles. The number of rotatable bonds is 13. The smallest absolute Gasteiger partial charge is 0.313 e. The largest absolute Gasteiger partial charge is 0.465 e. The van der Waals surface area contributed by atoms with E-state index in [2.05, 4.69) is 16.9 Å². The summed E-state index contributed by atoms with van der Waals surface area (Å²) in [4.78, 5) is 18.4. The quantitative estimate of drug-likeness (QED) is 0.433. The molecule has 0 spiro atoms. The van der Waals surface area contributed by atoms with Gasteiger partial charge >= 0.3 is 5.97 Å². The average molecular weight is 294 g/mol. The molecule has 0 amide bonds. The molecule has 0 aliphatic rings. The molecule has 0 saturated heterocycles. The zero-order chi connectivity index (χ0) is 15.2. The van der Waals surface area contributed by atoms with Crippen LogP contribution in [-0.4, -0.2) is 22.5 Å². The fourth-order valence-corrected chi connectivity index (χ4v) is 2.36. The third-order valence-corrected chi connectivity index (χ3v) is 3.63. The molecule has 21 heavy (non-hydrogen) atoms. The molecule has 1 rings (SSSR count). The Labute approximate surface area is 128 Å². The van der Waals surface area contributed by atoms with E-state index in [0.29, 0.717) is 12.4 Å². The summed E-state index contributed by atoms with van der Waals surface area (Å²) >= 11 is 0. The number of imidazole rings is 1. The van der Waals surface area contributed by atoms with Crippen molar-refractivity contribution < 1.29 is 9.53 Å². The van der Waals surface area contributed by atoms with Crippen LogP contribution in [0.4, 0.5) is 0 Å². The van der Waals surface area contributed by atoms with Gasteiger partial charge in [0.25, 0.3) is 0 Å². The molecule has 0 aliphatic heterocycles. The summed E-state index contributed by atoms with van der Waals surface area (Å²) in [5.74, 6) is 0.476. The zero-order valence-corrected chi connectivity index (χ0v) is 13.4. The number of carbonyl (C=O) groups excluding carboxylic acids is 1. The van der Waals surface area contributed by atoms with Crippen molar-refractivity contribution in [3.8, 4) is 0 Å². The Morgan fingerprint density at radius 3 is 2.24 bits per heavy atom. The summed E-state index contributed by atoms with van der Waals surface area (Å²) in [6, 6.07) is 0. The van der Waals surface area contributed by atoms with Crippen molar-refractivity contribution >= 4 is 5.97 Å². The molecule has 1 aromatic heterocycles. The van der Waals surface area contributed by atoms with E-state index in [4.69, 9.17) is 4.74 Å². The Bertz CT molecular complexity index is 350. The van der Waals surface area contributed by atoms with Gasteiger partial charge in [-0.25, -0.2) is 4.98 Å². The maximum Gasteiger partial charge on any atom is 0.313 e. The first-order chi connectivity index (χ1) is 10.3. The Hall–Kier alpha value is -1.32. The highest BCUT2D eigenvalue weighted by molar-refractivity contribution is 5.71. The molecule has 0 aliphatic carbocycles. The monoisotopic (exact) mass is 294 g/mol. The molecule has 0 fully saturated rings. The Balaban J connectivity index is 1.81. The highest BCUT2D eigenvalue weighted by atomic mass is 16.5. The van der Waals surface area contributed by atoms with Crippen LogP contribution in [-0.2, 0) is 16.0 Å². The first-order valence-electron chi connectivity index (χ1n) is 8.46. The van der Waals surface area contributed by atoms with Gasteiger partial charge < -0.3 is 9.72 Å². The van der Waals surface area contributed by atoms with E-state index in [9.17, 15) is 4.79 Å². The molecule has 0 unspecified atom stereocenters. The molecule has 0 radical (unpaired) electrons. The van der Waals surface area contributed by atoms with Crippen molar-refractivity contribution in [2.45, 2.75) is 77.6 Å². The van der Waals surface area contributed by atoms with Crippen LogP contribution in [0.5, 0.6) is 0 Å². The Kier molecular flexibility index (Phi) is 10.5. The van der Waals surface area contributed by atoms with Crippen molar-refractivity contribution in [2.75, 3.05) is 6.61 Å². The van der Waals surface area contributed by atoms with Gasteiger partial charge in [-0.05, 0) is 6.42 Å². The molecule has 0 bridgehead atoms. The Morgan fingerprint density at radius 2 is 1.67 bits per heavy atom. The molecule has 0 aromatic carbocycles. The lowest BCUT2D eigenvalue weighted by atomic mass is 10.1. The van der Waals surface area contributed by atoms with Crippen LogP contribution in [0.15, 0.2) is 12.4 Å². The lowest BCUT2D eigenvalue weighted by Crippen LogP contribution is -2.10. The van der Waals surface area contributed by atoms with Crippen molar-refractivity contribution in [3.63, 3.8) is 0 Å². The van der Waals surface area contributed by atoms with Crippen molar-refractivity contribution in [1.29, 1.82) is 0 Å². The van der Waals surface area contributed by atoms with Crippen LogP contribution in [0.2, 0.25) is 0 Å². The Morgan fingerprint density at radius 1 is 1.05 bits per heavy atom. The van der Waals surface area contributed by atoms with Gasteiger partial charge in [0.15, 0.2) is 0 Å². The van der Waals surface area contributed by atoms with Crippen LogP contribution in [0.3, 0.4) is 0 Å².